The molecule has 1 aliphatic rings. The minimum absolute atomic E-state index is 0.110. The molecule has 1 aliphatic heterocycles. The molecule has 0 atom stereocenters. The fourth-order valence-electron chi connectivity index (χ4n) is 3.06. The number of nitrogens with one attached hydrogen (secondary N) is 1. The molecule has 24 heavy (non-hydrogen) atoms. The van der Waals surface area contributed by atoms with Gasteiger partial charge in [-0.05, 0) is 50.3 Å². The number of piperazine rings is 1. The van der Waals surface area contributed by atoms with Crippen LogP contribution in [-0.4, -0.2) is 46.3 Å². The second-order valence-electron chi connectivity index (χ2n) is 6.20. The molecule has 1 fully saturated rings. The number of carbonyl (C=O) groups excluding carboxylic acids is 1. The minimum atomic E-state index is 0.110. The molecule has 0 amide bonds. The van der Waals surface area contributed by atoms with E-state index in [2.05, 4.69) is 16.9 Å². The number of aromatic nitrogens is 3. The molecule has 2 heterocycles. The third-order valence-electron chi connectivity index (χ3n) is 4.62. The van der Waals surface area contributed by atoms with Crippen molar-refractivity contribution < 1.29 is 9.69 Å². The molecule has 0 bridgehead atoms. The van der Waals surface area contributed by atoms with E-state index >= 15 is 0 Å². The third-order valence-corrected chi connectivity index (χ3v) is 5.07. The number of anilines is 1. The number of hydrogen-bond donors (Lipinski definition) is 1. The van der Waals surface area contributed by atoms with Gasteiger partial charge in [0.15, 0.2) is 12.5 Å². The van der Waals surface area contributed by atoms with Crippen LogP contribution in [-0.2, 0) is 13.2 Å². The molecule has 1 aromatic heterocycles. The topological polar surface area (TPSA) is 47.5 Å². The van der Waals surface area contributed by atoms with Crippen LogP contribution in [0.25, 0.3) is 0 Å². The Balaban J connectivity index is 1.58. The van der Waals surface area contributed by atoms with Crippen molar-refractivity contribution in [1.82, 2.24) is 14.3 Å². The maximum Gasteiger partial charge on any atom is 0.202 e. The van der Waals surface area contributed by atoms with Crippen molar-refractivity contribution in [2.75, 3.05) is 31.1 Å². The number of carbonyl (C=O) groups is 1. The molecule has 1 saturated heterocycles. The van der Waals surface area contributed by atoms with Gasteiger partial charge in [-0.2, -0.15) is 9.78 Å². The van der Waals surface area contributed by atoms with Gasteiger partial charge in [-0.3, -0.25) is 4.79 Å². The van der Waals surface area contributed by atoms with Gasteiger partial charge in [-0.25, -0.2) is 0 Å². The zero-order chi connectivity index (χ0) is 17.1. The predicted octanol–water partition coefficient (Wildman–Crippen LogP) is 0.999. The van der Waals surface area contributed by atoms with Crippen molar-refractivity contribution in [3.8, 4) is 0 Å². The zero-order valence-corrected chi connectivity index (χ0v) is 15.1. The summed E-state index contributed by atoms with van der Waals surface area (Å²) < 4.78 is 4.71. The summed E-state index contributed by atoms with van der Waals surface area (Å²) >= 11 is 5.44. The second kappa shape index (κ2) is 7.27. The molecular weight excluding hydrogens is 322 g/mol. The molecule has 2 aromatic rings. The molecule has 0 spiro atoms. The average Bonchev–Trinajstić information content (AvgIpc) is 2.95. The van der Waals surface area contributed by atoms with E-state index in [1.807, 2.05) is 39.8 Å². The lowest BCUT2D eigenvalue weighted by atomic mass is 10.1. The monoisotopic (exact) mass is 346 g/mol. The fraction of sp³-hybridized carbons (Fsp3) is 0.471. The molecule has 7 heteroatoms. The number of rotatable bonds is 5. The van der Waals surface area contributed by atoms with Crippen LogP contribution in [0.5, 0.6) is 0 Å². The lowest BCUT2D eigenvalue weighted by molar-refractivity contribution is -0.924. The highest BCUT2D eigenvalue weighted by Gasteiger charge is 2.21. The van der Waals surface area contributed by atoms with Gasteiger partial charge in [0.25, 0.3) is 0 Å². The summed E-state index contributed by atoms with van der Waals surface area (Å²) in [5.74, 6) is 0.110. The van der Waals surface area contributed by atoms with Crippen molar-refractivity contribution in [1.29, 1.82) is 0 Å². The number of quaternary nitrogens is 1. The van der Waals surface area contributed by atoms with E-state index in [1.165, 1.54) is 10.6 Å². The molecule has 1 aromatic carbocycles. The molecule has 0 unspecified atom stereocenters. The lowest BCUT2D eigenvalue weighted by Gasteiger charge is -2.33. The van der Waals surface area contributed by atoms with E-state index in [0.717, 1.165) is 49.7 Å². The molecule has 0 saturated carbocycles. The molecule has 6 nitrogen and oxygen atoms in total. The first-order valence-corrected chi connectivity index (χ1v) is 8.81. The summed E-state index contributed by atoms with van der Waals surface area (Å²) in [7, 11) is 0. The van der Waals surface area contributed by atoms with Gasteiger partial charge in [0, 0.05) is 17.8 Å². The highest BCUT2D eigenvalue weighted by molar-refractivity contribution is 7.71. The predicted molar refractivity (Wildman–Crippen MR) is 96.1 cm³/mol. The zero-order valence-electron chi connectivity index (χ0n) is 14.2. The van der Waals surface area contributed by atoms with E-state index in [1.54, 1.807) is 6.92 Å². The summed E-state index contributed by atoms with van der Waals surface area (Å²) in [5, 5.41) is 4.39. The number of Topliss-reactive ketones (excluding diaryl/α,β-unsaturated/α-hetero) is 1. The van der Waals surface area contributed by atoms with Crippen molar-refractivity contribution in [3.63, 3.8) is 0 Å². The first kappa shape index (κ1) is 16.9. The second-order valence-corrected chi connectivity index (χ2v) is 6.56. The smallest absolute Gasteiger partial charge is 0.202 e. The molecular formula is C17H24N5OS+. The Hall–Kier alpha value is -1.99. The van der Waals surface area contributed by atoms with Crippen LogP contribution >= 0.6 is 12.2 Å². The van der Waals surface area contributed by atoms with Crippen molar-refractivity contribution in [2.24, 2.45) is 0 Å². The maximum atomic E-state index is 11.4. The summed E-state index contributed by atoms with van der Waals surface area (Å²) in [6, 6.07) is 7.91. The Bertz CT molecular complexity index is 756. The summed E-state index contributed by atoms with van der Waals surface area (Å²) in [4.78, 5) is 15.2. The van der Waals surface area contributed by atoms with Gasteiger partial charge >= 0.3 is 0 Å². The number of hydrogen-bond acceptors (Lipinski definition) is 4. The summed E-state index contributed by atoms with van der Waals surface area (Å²) in [6.07, 6.45) is 1.81. The third kappa shape index (κ3) is 3.57. The fourth-order valence-corrected chi connectivity index (χ4v) is 3.34. The highest BCUT2D eigenvalue weighted by Crippen LogP contribution is 2.15. The van der Waals surface area contributed by atoms with Crippen LogP contribution in [0.2, 0.25) is 0 Å². The minimum Gasteiger partial charge on any atom is -0.360 e. The SMILES string of the molecule is CCn1cnn(C[NH+]2CCN(c3ccc(C(C)=O)cc3)CC2)c1=S. The number of nitrogens with zero attached hydrogens (tertiary/aromatic N) is 4. The van der Waals surface area contributed by atoms with Gasteiger partial charge in [0.2, 0.25) is 4.77 Å². The summed E-state index contributed by atoms with van der Waals surface area (Å²) in [6.45, 7) is 9.45. The van der Waals surface area contributed by atoms with Gasteiger partial charge in [-0.15, -0.1) is 0 Å². The van der Waals surface area contributed by atoms with Gasteiger partial charge in [0.1, 0.15) is 6.33 Å². The van der Waals surface area contributed by atoms with Crippen LogP contribution in [0, 0.1) is 4.77 Å². The van der Waals surface area contributed by atoms with Crippen molar-refractivity contribution in [3.05, 3.63) is 40.9 Å². The van der Waals surface area contributed by atoms with Gasteiger partial charge < -0.3 is 14.4 Å². The Morgan fingerprint density at radius 1 is 1.25 bits per heavy atom. The Labute approximate surface area is 147 Å². The molecule has 0 aliphatic carbocycles. The van der Waals surface area contributed by atoms with E-state index in [-0.39, 0.29) is 5.78 Å². The maximum absolute atomic E-state index is 11.4. The van der Waals surface area contributed by atoms with Crippen LogP contribution in [0.3, 0.4) is 0 Å². The molecule has 0 radical (unpaired) electrons. The Kier molecular flexibility index (Phi) is 5.11. The largest absolute Gasteiger partial charge is 0.360 e. The lowest BCUT2D eigenvalue weighted by Crippen LogP contribution is -3.14. The highest BCUT2D eigenvalue weighted by atomic mass is 32.1. The van der Waals surface area contributed by atoms with E-state index < -0.39 is 0 Å². The molecule has 1 N–H and O–H groups in total. The van der Waals surface area contributed by atoms with E-state index in [0.29, 0.717) is 0 Å². The molecule has 3 rings (SSSR count). The van der Waals surface area contributed by atoms with Gasteiger partial charge in [0.05, 0.1) is 26.2 Å². The standard InChI is InChI=1S/C17H23N5OS/c1-3-20-12-18-22(17(20)24)13-19-8-10-21(11-9-19)16-6-4-15(5-7-16)14(2)23/h4-7,12H,3,8-11,13H2,1-2H3/p+1. The number of benzene rings is 1. The van der Waals surface area contributed by atoms with Crippen LogP contribution in [0.4, 0.5) is 5.69 Å². The number of ketones is 1. The van der Waals surface area contributed by atoms with E-state index in [4.69, 9.17) is 12.2 Å². The van der Waals surface area contributed by atoms with E-state index in [9.17, 15) is 4.79 Å². The van der Waals surface area contributed by atoms with Crippen LogP contribution in [0.1, 0.15) is 24.2 Å². The number of aryl methyl sites for hydroxylation is 1. The van der Waals surface area contributed by atoms with Crippen molar-refractivity contribution >= 4 is 23.7 Å². The molecule has 128 valence electrons. The Morgan fingerprint density at radius 2 is 1.92 bits per heavy atom. The normalized spacial score (nSPS) is 15.7. The van der Waals surface area contributed by atoms with Gasteiger partial charge in [-0.1, -0.05) is 0 Å². The first-order valence-electron chi connectivity index (χ1n) is 8.40. The summed E-state index contributed by atoms with van der Waals surface area (Å²) in [5.41, 5.74) is 1.95. The van der Waals surface area contributed by atoms with Crippen molar-refractivity contribution in [2.45, 2.75) is 27.1 Å². The van der Waals surface area contributed by atoms with Crippen LogP contribution in [0.15, 0.2) is 30.6 Å². The Morgan fingerprint density at radius 3 is 2.46 bits per heavy atom. The first-order chi connectivity index (χ1) is 11.6. The van der Waals surface area contributed by atoms with Crippen LogP contribution < -0.4 is 9.80 Å². The average molecular weight is 346 g/mol. The quantitative estimate of drug-likeness (QED) is 0.648.